The fourth-order valence-corrected chi connectivity index (χ4v) is 7.60. The molecule has 0 rings (SSSR count). The summed E-state index contributed by atoms with van der Waals surface area (Å²) in [6.07, 6.45) is 79.6. The molecule has 388 valence electrons. The van der Waals surface area contributed by atoms with E-state index in [1.165, 1.54) is 103 Å². The topological polar surface area (TPSA) is 61.8 Å². The molecule has 68 heavy (non-hydrogen) atoms. The van der Waals surface area contributed by atoms with Gasteiger partial charge in [0.15, 0.2) is 6.10 Å². The lowest BCUT2D eigenvalue weighted by Crippen LogP contribution is -2.30. The first-order valence-corrected chi connectivity index (χ1v) is 28.4. The second-order valence-corrected chi connectivity index (χ2v) is 18.4. The SMILES string of the molecule is CC/C=C\C/C=C\C/C=C\C/C=C\CCCCCCCCC(=O)OCC(COCCCCCCCC/C=C\C/C=C\C/C=C\CC)OC(=O)CCCCCCCCC/C=C\C/C=C\CCCCC. The van der Waals surface area contributed by atoms with Gasteiger partial charge in [-0.15, -0.1) is 0 Å². The molecule has 0 fully saturated rings. The number of carbonyl (C=O) groups excluding carboxylic acids is 2. The van der Waals surface area contributed by atoms with Crippen molar-refractivity contribution in [1.29, 1.82) is 0 Å². The van der Waals surface area contributed by atoms with Crippen LogP contribution in [0.5, 0.6) is 0 Å². The quantitative estimate of drug-likeness (QED) is 0.0345. The number of ether oxygens (including phenoxy) is 3. The maximum absolute atomic E-state index is 12.9. The lowest BCUT2D eigenvalue weighted by Gasteiger charge is -2.18. The van der Waals surface area contributed by atoms with Crippen LogP contribution in [0.4, 0.5) is 0 Å². The molecular weight excluding hydrogens is 837 g/mol. The molecule has 0 spiro atoms. The second-order valence-electron chi connectivity index (χ2n) is 18.4. The summed E-state index contributed by atoms with van der Waals surface area (Å²) in [5, 5.41) is 0. The van der Waals surface area contributed by atoms with Crippen LogP contribution in [-0.4, -0.2) is 37.9 Å². The lowest BCUT2D eigenvalue weighted by molar-refractivity contribution is -0.163. The van der Waals surface area contributed by atoms with E-state index in [2.05, 4.69) is 130 Å². The van der Waals surface area contributed by atoms with Crippen LogP contribution in [0.1, 0.15) is 252 Å². The maximum Gasteiger partial charge on any atom is 0.306 e. The molecule has 1 atom stereocenters. The van der Waals surface area contributed by atoms with Gasteiger partial charge in [0.1, 0.15) is 6.61 Å². The second kappa shape index (κ2) is 57.9. The van der Waals surface area contributed by atoms with Crippen molar-refractivity contribution in [2.75, 3.05) is 19.8 Å². The summed E-state index contributed by atoms with van der Waals surface area (Å²) >= 11 is 0. The first kappa shape index (κ1) is 64.6. The van der Waals surface area contributed by atoms with Gasteiger partial charge >= 0.3 is 11.9 Å². The number of allylic oxidation sites excluding steroid dienone is 18. The number of hydrogen-bond donors (Lipinski definition) is 0. The van der Waals surface area contributed by atoms with Crippen molar-refractivity contribution < 1.29 is 23.8 Å². The molecule has 0 aromatic rings. The summed E-state index contributed by atoms with van der Waals surface area (Å²) in [5.41, 5.74) is 0. The highest BCUT2D eigenvalue weighted by atomic mass is 16.6. The monoisotopic (exact) mass is 943 g/mol. The van der Waals surface area contributed by atoms with Gasteiger partial charge < -0.3 is 14.2 Å². The van der Waals surface area contributed by atoms with E-state index >= 15 is 0 Å². The van der Waals surface area contributed by atoms with Crippen LogP contribution < -0.4 is 0 Å². The highest BCUT2D eigenvalue weighted by Crippen LogP contribution is 2.14. The fraction of sp³-hybridized carbons (Fsp3) is 0.683. The molecule has 0 N–H and O–H groups in total. The third-order valence-electron chi connectivity index (χ3n) is 11.8. The van der Waals surface area contributed by atoms with Crippen LogP contribution in [-0.2, 0) is 23.8 Å². The molecule has 0 aromatic heterocycles. The number of hydrogen-bond acceptors (Lipinski definition) is 5. The average molecular weight is 944 g/mol. The van der Waals surface area contributed by atoms with E-state index in [1.54, 1.807) is 0 Å². The normalized spacial score (nSPS) is 13.0. The summed E-state index contributed by atoms with van der Waals surface area (Å²) in [6, 6.07) is 0. The minimum Gasteiger partial charge on any atom is -0.462 e. The van der Waals surface area contributed by atoms with Gasteiger partial charge in [0.05, 0.1) is 6.61 Å². The maximum atomic E-state index is 12.9. The molecular formula is C63H106O5. The van der Waals surface area contributed by atoms with Crippen LogP contribution in [0, 0.1) is 0 Å². The Kier molecular flexibility index (Phi) is 54.9. The van der Waals surface area contributed by atoms with Gasteiger partial charge in [0, 0.05) is 19.4 Å². The Morgan fingerprint density at radius 2 is 0.662 bits per heavy atom. The van der Waals surface area contributed by atoms with Crippen LogP contribution in [0.2, 0.25) is 0 Å². The van der Waals surface area contributed by atoms with Gasteiger partial charge in [-0.05, 0) is 122 Å². The van der Waals surface area contributed by atoms with E-state index in [-0.39, 0.29) is 25.2 Å². The summed E-state index contributed by atoms with van der Waals surface area (Å²) < 4.78 is 17.5. The van der Waals surface area contributed by atoms with Crippen molar-refractivity contribution in [2.45, 2.75) is 258 Å². The molecule has 0 aromatic carbocycles. The molecule has 0 saturated carbocycles. The molecule has 0 radical (unpaired) electrons. The Hall–Kier alpha value is -3.44. The number of rotatable bonds is 51. The van der Waals surface area contributed by atoms with Gasteiger partial charge in [-0.2, -0.15) is 0 Å². The molecule has 1 unspecified atom stereocenters. The molecule has 0 aliphatic heterocycles. The summed E-state index contributed by atoms with van der Waals surface area (Å²) in [6.45, 7) is 7.54. The molecule has 0 amide bonds. The van der Waals surface area contributed by atoms with Crippen molar-refractivity contribution in [3.63, 3.8) is 0 Å². The zero-order valence-corrected chi connectivity index (χ0v) is 44.6. The van der Waals surface area contributed by atoms with E-state index in [9.17, 15) is 9.59 Å². The van der Waals surface area contributed by atoms with Crippen LogP contribution in [0.15, 0.2) is 109 Å². The van der Waals surface area contributed by atoms with Crippen molar-refractivity contribution >= 4 is 11.9 Å². The van der Waals surface area contributed by atoms with E-state index in [4.69, 9.17) is 14.2 Å². The molecule has 5 nitrogen and oxygen atoms in total. The molecule has 0 saturated heterocycles. The highest BCUT2D eigenvalue weighted by molar-refractivity contribution is 5.70. The first-order chi connectivity index (χ1) is 33.6. The first-order valence-electron chi connectivity index (χ1n) is 28.4. The van der Waals surface area contributed by atoms with E-state index in [0.29, 0.717) is 19.4 Å². The van der Waals surface area contributed by atoms with Crippen molar-refractivity contribution in [1.82, 2.24) is 0 Å². The smallest absolute Gasteiger partial charge is 0.306 e. The average Bonchev–Trinajstić information content (AvgIpc) is 3.34. The number of unbranched alkanes of at least 4 members (excludes halogenated alkanes) is 22. The Bertz CT molecular complexity index is 1340. The number of carbonyl (C=O) groups is 2. The van der Waals surface area contributed by atoms with Crippen LogP contribution >= 0.6 is 0 Å². The predicted molar refractivity (Wildman–Crippen MR) is 297 cm³/mol. The molecule has 0 heterocycles. The predicted octanol–water partition coefficient (Wildman–Crippen LogP) is 19.6. The van der Waals surface area contributed by atoms with Gasteiger partial charge in [0.2, 0.25) is 0 Å². The summed E-state index contributed by atoms with van der Waals surface area (Å²) in [7, 11) is 0. The van der Waals surface area contributed by atoms with E-state index in [0.717, 1.165) is 116 Å². The Balaban J connectivity index is 4.35. The molecule has 0 aliphatic carbocycles. The Morgan fingerprint density at radius 3 is 1.06 bits per heavy atom. The molecule has 0 bridgehead atoms. The van der Waals surface area contributed by atoms with Crippen molar-refractivity contribution in [3.8, 4) is 0 Å². The third-order valence-corrected chi connectivity index (χ3v) is 11.8. The lowest BCUT2D eigenvalue weighted by atomic mass is 10.1. The van der Waals surface area contributed by atoms with Gasteiger partial charge in [-0.3, -0.25) is 9.59 Å². The van der Waals surface area contributed by atoms with Gasteiger partial charge in [-0.25, -0.2) is 0 Å². The molecule has 5 heteroatoms. The van der Waals surface area contributed by atoms with Crippen LogP contribution in [0.25, 0.3) is 0 Å². The van der Waals surface area contributed by atoms with Gasteiger partial charge in [-0.1, -0.05) is 226 Å². The van der Waals surface area contributed by atoms with Crippen LogP contribution in [0.3, 0.4) is 0 Å². The standard InChI is InChI=1S/C63H106O5/c1-4-7-10-13-16-19-22-25-28-31-32-34-35-38-41-44-47-50-53-56-62(64)67-60-61(59-66-58-55-52-49-46-43-40-37-30-27-24-21-18-15-12-9-6-3)68-63(65)57-54-51-48-45-42-39-36-33-29-26-23-20-17-14-11-8-5-2/h7,9-10,12,16-21,25-30,32,34,61H,4-6,8,11,13-15,22-24,31,33,35-60H2,1-3H3/b10-7-,12-9-,19-16-,20-17-,21-18-,28-25-,29-26-,30-27-,34-32-. The number of esters is 2. The Morgan fingerprint density at radius 1 is 0.338 bits per heavy atom. The molecule has 0 aliphatic rings. The fourth-order valence-electron chi connectivity index (χ4n) is 7.60. The largest absolute Gasteiger partial charge is 0.462 e. The minimum atomic E-state index is -0.561. The zero-order chi connectivity index (χ0) is 49.2. The summed E-state index contributed by atoms with van der Waals surface area (Å²) in [4.78, 5) is 25.5. The van der Waals surface area contributed by atoms with Gasteiger partial charge in [0.25, 0.3) is 0 Å². The third kappa shape index (κ3) is 55.2. The Labute approximate surface area is 421 Å². The van der Waals surface area contributed by atoms with Crippen molar-refractivity contribution in [3.05, 3.63) is 109 Å². The van der Waals surface area contributed by atoms with E-state index < -0.39 is 6.10 Å². The minimum absolute atomic E-state index is 0.0633. The van der Waals surface area contributed by atoms with Crippen molar-refractivity contribution in [2.24, 2.45) is 0 Å². The zero-order valence-electron chi connectivity index (χ0n) is 44.6. The van der Waals surface area contributed by atoms with E-state index in [1.807, 2.05) is 0 Å². The highest BCUT2D eigenvalue weighted by Gasteiger charge is 2.17. The summed E-state index contributed by atoms with van der Waals surface area (Å²) in [5.74, 6) is -0.431.